The minimum atomic E-state index is -1.35. The number of aromatic amines is 1. The largest absolute Gasteiger partial charge is 0.480 e. The van der Waals surface area contributed by atoms with Crippen molar-refractivity contribution in [1.29, 1.82) is 0 Å². The van der Waals surface area contributed by atoms with Crippen molar-refractivity contribution in [1.82, 2.24) is 41.5 Å². The van der Waals surface area contributed by atoms with Crippen LogP contribution in [0.25, 0.3) is 0 Å². The number of aliphatic carboxylic acids is 1. The molecule has 8 atom stereocenters. The van der Waals surface area contributed by atoms with Gasteiger partial charge in [0.05, 0.1) is 18.1 Å². The van der Waals surface area contributed by atoms with Gasteiger partial charge in [-0.05, 0) is 49.9 Å². The van der Waals surface area contributed by atoms with Gasteiger partial charge in [0.15, 0.2) is 5.96 Å². The number of rotatable bonds is 27. The number of likely N-dealkylation sites (tertiary alicyclic amines) is 1. The average Bonchev–Trinajstić information content (AvgIpc) is 3.91. The summed E-state index contributed by atoms with van der Waals surface area (Å²) < 4.78 is 0. The summed E-state index contributed by atoms with van der Waals surface area (Å²) in [5.41, 5.74) is 22.7. The fraction of sp³-hybridized carbons (Fsp3) is 0.692. The zero-order valence-electron chi connectivity index (χ0n) is 36.5. The Morgan fingerprint density at radius 1 is 0.903 bits per heavy atom. The van der Waals surface area contributed by atoms with Crippen molar-refractivity contribution in [3.05, 3.63) is 18.2 Å². The van der Waals surface area contributed by atoms with Gasteiger partial charge in [0.2, 0.25) is 41.4 Å². The highest BCUT2D eigenvalue weighted by atomic mass is 32.2. The molecule has 1 aromatic heterocycles. The Morgan fingerprint density at radius 2 is 1.53 bits per heavy atom. The van der Waals surface area contributed by atoms with Gasteiger partial charge in [0, 0.05) is 37.2 Å². The van der Waals surface area contributed by atoms with Gasteiger partial charge in [-0.2, -0.15) is 0 Å². The molecule has 2 rings (SSSR count). The average molecular weight is 894 g/mol. The first-order valence-corrected chi connectivity index (χ1v) is 22.0. The molecule has 7 amide bonds. The minimum absolute atomic E-state index is 0.0273. The van der Waals surface area contributed by atoms with Crippen LogP contribution < -0.4 is 49.5 Å². The number of nitrogens with zero attached hydrogens (tertiary/aromatic N) is 3. The van der Waals surface area contributed by atoms with Gasteiger partial charge in [-0.1, -0.05) is 48.0 Å². The second kappa shape index (κ2) is 26.1. The summed E-state index contributed by atoms with van der Waals surface area (Å²) in [5.74, 6) is -7.19. The van der Waals surface area contributed by atoms with E-state index in [0.29, 0.717) is 18.5 Å². The number of carbonyl (C=O) groups is 8. The fourth-order valence-electron chi connectivity index (χ4n) is 6.59. The number of H-pyrrole nitrogens is 1. The summed E-state index contributed by atoms with van der Waals surface area (Å²) in [7, 11) is 0. The first-order valence-electron chi connectivity index (χ1n) is 20.9. The molecule has 1 saturated heterocycles. The van der Waals surface area contributed by atoms with E-state index >= 15 is 0 Å². The highest BCUT2D eigenvalue weighted by molar-refractivity contribution is 8.00. The maximum absolute atomic E-state index is 14.3. The fourth-order valence-corrected chi connectivity index (χ4v) is 7.38. The molecule has 0 radical (unpaired) electrons. The highest BCUT2D eigenvalue weighted by Crippen LogP contribution is 2.22. The summed E-state index contributed by atoms with van der Waals surface area (Å²) >= 11 is 0.953. The Morgan fingerprint density at radius 3 is 2.10 bits per heavy atom. The van der Waals surface area contributed by atoms with Gasteiger partial charge in [-0.25, -0.2) is 9.78 Å². The monoisotopic (exact) mass is 893 g/mol. The van der Waals surface area contributed by atoms with Crippen LogP contribution in [0.15, 0.2) is 17.5 Å². The van der Waals surface area contributed by atoms with Crippen molar-refractivity contribution in [3.8, 4) is 0 Å². The number of carboxylic acids is 1. The molecule has 15 N–H and O–H groups in total. The smallest absolute Gasteiger partial charge is 0.326 e. The van der Waals surface area contributed by atoms with E-state index in [1.807, 2.05) is 27.7 Å². The predicted molar refractivity (Wildman–Crippen MR) is 232 cm³/mol. The Labute approximate surface area is 366 Å². The van der Waals surface area contributed by atoms with Crippen LogP contribution in [0.2, 0.25) is 0 Å². The summed E-state index contributed by atoms with van der Waals surface area (Å²) in [6.45, 7) is 11.1. The number of nitrogens with two attached hydrogens (primary N) is 4. The van der Waals surface area contributed by atoms with E-state index in [9.17, 15) is 43.5 Å². The molecule has 348 valence electrons. The quantitative estimate of drug-likeness (QED) is 0.0254. The lowest BCUT2D eigenvalue weighted by molar-refractivity contribution is -0.144. The van der Waals surface area contributed by atoms with Crippen LogP contribution in [-0.4, -0.2) is 140 Å². The molecule has 62 heavy (non-hydrogen) atoms. The Bertz CT molecular complexity index is 1710. The molecule has 1 aliphatic heterocycles. The molecule has 22 nitrogen and oxygen atoms in total. The second-order valence-electron chi connectivity index (χ2n) is 16.3. The summed E-state index contributed by atoms with van der Waals surface area (Å²) in [6, 6.07) is -8.01. The molecule has 0 saturated carbocycles. The van der Waals surface area contributed by atoms with Crippen LogP contribution in [0.5, 0.6) is 0 Å². The molecular weight excluding hydrogens is 827 g/mol. The van der Waals surface area contributed by atoms with Gasteiger partial charge in [-0.15, -0.1) is 11.8 Å². The van der Waals surface area contributed by atoms with E-state index < -0.39 is 95.5 Å². The number of aliphatic imine (C=N–C) groups is 1. The lowest BCUT2D eigenvalue weighted by Gasteiger charge is -2.32. The normalized spacial score (nSPS) is 17.1. The van der Waals surface area contributed by atoms with Gasteiger partial charge in [0.25, 0.3) is 0 Å². The van der Waals surface area contributed by atoms with Crippen molar-refractivity contribution >= 4 is 65.0 Å². The van der Waals surface area contributed by atoms with Crippen LogP contribution in [0.1, 0.15) is 85.8 Å². The molecule has 0 unspecified atom stereocenters. The van der Waals surface area contributed by atoms with Crippen LogP contribution >= 0.6 is 11.8 Å². The van der Waals surface area contributed by atoms with E-state index in [-0.39, 0.29) is 74.5 Å². The molecular formula is C39H67N13O9S. The van der Waals surface area contributed by atoms with Crippen LogP contribution in [0.3, 0.4) is 0 Å². The van der Waals surface area contributed by atoms with Gasteiger partial charge >= 0.3 is 5.97 Å². The number of guanidine groups is 1. The van der Waals surface area contributed by atoms with Crippen molar-refractivity contribution in [2.75, 3.05) is 24.6 Å². The first-order chi connectivity index (χ1) is 29.2. The molecule has 1 fully saturated rings. The van der Waals surface area contributed by atoms with E-state index in [4.69, 9.17) is 22.9 Å². The number of carboxylic acid groups (broad SMARTS) is 1. The van der Waals surface area contributed by atoms with Gasteiger partial charge in [0.1, 0.15) is 36.3 Å². The van der Waals surface area contributed by atoms with E-state index in [0.717, 1.165) is 11.8 Å². The highest BCUT2D eigenvalue weighted by Gasteiger charge is 2.41. The van der Waals surface area contributed by atoms with Gasteiger partial charge in [-0.3, -0.25) is 38.6 Å². The SMILES string of the molecule is CC[C@H](C)[C@H](N)C(=O)N[C@@H](Cc1cnc[nH]1)C(=O)N[C@@H](CC(C)C)C(=O)N[C@H](C(=O)N1CCC[C@H]1C(=O)N[C@@H](CSCC(N)=O)C(=O)N[C@@H](CCCN=C(N)N)C(=O)O)C(C)C. The van der Waals surface area contributed by atoms with Crippen LogP contribution in [0.4, 0.5) is 0 Å². The number of thioether (sulfide) groups is 1. The summed E-state index contributed by atoms with van der Waals surface area (Å²) in [4.78, 5) is 118. The minimum Gasteiger partial charge on any atom is -0.480 e. The van der Waals surface area contributed by atoms with Crippen molar-refractivity contribution in [2.45, 2.75) is 129 Å². The number of carbonyl (C=O) groups excluding carboxylic acids is 7. The molecule has 2 heterocycles. The van der Waals surface area contributed by atoms with Crippen LogP contribution in [0, 0.1) is 17.8 Å². The number of nitrogens with one attached hydrogen (secondary N) is 6. The Balaban J connectivity index is 2.29. The molecule has 0 spiro atoms. The number of hydrogen-bond acceptors (Lipinski definition) is 12. The van der Waals surface area contributed by atoms with Crippen molar-refractivity contribution in [2.24, 2.45) is 45.7 Å². The van der Waals surface area contributed by atoms with Crippen molar-refractivity contribution < 1.29 is 43.5 Å². The number of primary amides is 1. The first kappa shape index (κ1) is 52.7. The lowest BCUT2D eigenvalue weighted by atomic mass is 9.98. The standard InChI is InChI=1S/C39H67N13O9S/c1-7-22(6)30(41)36(58)49-26(15-23-16-44-19-46-23)32(54)48-25(14-20(2)3)33(55)51-31(21(4)5)37(59)52-13-9-11-28(52)35(57)50-27(17-62-18-29(40)53)34(56)47-24(38(60)61)10-8-12-45-39(42)43/h16,19-22,24-28,30-31H,7-15,17-18,41H2,1-6H3,(H2,40,53)(H,44,46)(H,47,56)(H,48,54)(H,49,58)(H,50,57)(H,51,55)(H,60,61)(H4,42,43,45)/t22-,24-,25-,26-,27-,28-,30-,31-/m0/s1. The number of amides is 7. The molecule has 0 bridgehead atoms. The third kappa shape index (κ3) is 17.5. The zero-order valence-corrected chi connectivity index (χ0v) is 37.3. The van der Waals surface area contributed by atoms with Crippen LogP contribution in [-0.2, 0) is 44.8 Å². The maximum atomic E-state index is 14.3. The summed E-state index contributed by atoms with van der Waals surface area (Å²) in [5, 5.41) is 23.1. The third-order valence-corrected chi connectivity index (χ3v) is 11.4. The number of imidazole rings is 1. The summed E-state index contributed by atoms with van der Waals surface area (Å²) in [6.07, 6.45) is 4.62. The molecule has 0 aromatic carbocycles. The van der Waals surface area contributed by atoms with E-state index in [1.165, 1.54) is 17.4 Å². The van der Waals surface area contributed by atoms with E-state index in [1.54, 1.807) is 13.8 Å². The lowest BCUT2D eigenvalue weighted by Crippen LogP contribution is -2.61. The maximum Gasteiger partial charge on any atom is 0.326 e. The molecule has 1 aromatic rings. The second-order valence-corrected chi connectivity index (χ2v) is 17.3. The number of hydrogen-bond donors (Lipinski definition) is 11. The molecule has 1 aliphatic rings. The number of aromatic nitrogens is 2. The zero-order chi connectivity index (χ0) is 46.7. The third-order valence-electron chi connectivity index (χ3n) is 10.3. The molecule has 0 aliphatic carbocycles. The van der Waals surface area contributed by atoms with E-state index in [2.05, 4.69) is 41.5 Å². The predicted octanol–water partition coefficient (Wildman–Crippen LogP) is -2.20. The Kier molecular flexibility index (Phi) is 22.2. The Hall–Kier alpha value is -5.45. The van der Waals surface area contributed by atoms with Gasteiger partial charge < -0.3 is 64.5 Å². The van der Waals surface area contributed by atoms with Crippen molar-refractivity contribution in [3.63, 3.8) is 0 Å². The topological polar surface area (TPSA) is 365 Å². The molecule has 23 heteroatoms.